The average molecular weight is 758 g/mol. The number of anilines is 2. The summed E-state index contributed by atoms with van der Waals surface area (Å²) >= 11 is 3.54. The van der Waals surface area contributed by atoms with E-state index >= 15 is 0 Å². The monoisotopic (exact) mass is 756 g/mol. The van der Waals surface area contributed by atoms with Crippen LogP contribution >= 0.6 is 15.9 Å². The number of carbonyl (C=O) groups is 5. The zero-order chi connectivity index (χ0) is 35.9. The van der Waals surface area contributed by atoms with E-state index in [9.17, 15) is 24.0 Å². The number of hydrogen-bond donors (Lipinski definition) is 2. The Labute approximate surface area is 295 Å². The number of alkyl halides is 1. The molecule has 0 unspecified atom stereocenters. The summed E-state index contributed by atoms with van der Waals surface area (Å²) in [6.07, 6.45) is -0.325. The number of rotatable bonds is 10. The Hall–Kier alpha value is -4.83. The lowest BCUT2D eigenvalue weighted by atomic mass is 9.89. The maximum absolute atomic E-state index is 14.3. The van der Waals surface area contributed by atoms with Crippen LogP contribution < -0.4 is 29.2 Å². The van der Waals surface area contributed by atoms with Crippen molar-refractivity contribution < 1.29 is 52.4 Å². The number of esters is 2. The van der Waals surface area contributed by atoms with Crippen molar-refractivity contribution >= 4 is 67.7 Å². The molecule has 2 atom stereocenters. The summed E-state index contributed by atoms with van der Waals surface area (Å²) in [5, 5.41) is 3.95. The maximum Gasteiger partial charge on any atom is 0.339 e. The summed E-state index contributed by atoms with van der Waals surface area (Å²) in [6, 6.07) is 4.88. The van der Waals surface area contributed by atoms with Crippen molar-refractivity contribution in [3.05, 3.63) is 35.0 Å². The Morgan fingerprint density at radius 2 is 1.70 bits per heavy atom. The summed E-state index contributed by atoms with van der Waals surface area (Å²) in [4.78, 5) is 73.5. The number of amides is 2. The molecule has 0 saturated carbocycles. The standard InChI is InChI=1S/C34H37BrN4O11/c1-34(33(44)48-5)31(42)26-25-18(15-35)16-39(32(43)19-12-17-13-22(45-2)29(46-3)30(47-4)27(17)36-19)20(25)14-21(28(26)37-34)50-24(41)7-6-23(40)38-8-10-49-11-9-38/h12-14,18,36-37H,6-11,15-16H2,1-5H3/t18-,34-/m1/s1. The second-order valence-corrected chi connectivity index (χ2v) is 12.8. The summed E-state index contributed by atoms with van der Waals surface area (Å²) in [7, 11) is 5.63. The Morgan fingerprint density at radius 3 is 2.34 bits per heavy atom. The molecule has 1 fully saturated rings. The second kappa shape index (κ2) is 13.8. The van der Waals surface area contributed by atoms with Gasteiger partial charge < -0.3 is 48.5 Å². The predicted octanol–water partition coefficient (Wildman–Crippen LogP) is 3.42. The number of Topliss-reactive ketones (excluding diaryl/α,β-unsaturated/α-hetero) is 1. The molecule has 3 aliphatic rings. The number of morpholine rings is 1. The van der Waals surface area contributed by atoms with E-state index in [1.165, 1.54) is 46.3 Å². The molecule has 1 aromatic heterocycles. The number of aromatic nitrogens is 1. The fourth-order valence-electron chi connectivity index (χ4n) is 6.73. The van der Waals surface area contributed by atoms with Crippen LogP contribution in [0.15, 0.2) is 18.2 Å². The largest absolute Gasteiger partial charge is 0.493 e. The van der Waals surface area contributed by atoms with Gasteiger partial charge in [0.1, 0.15) is 5.69 Å². The van der Waals surface area contributed by atoms with Crippen molar-refractivity contribution in [2.24, 2.45) is 0 Å². The van der Waals surface area contributed by atoms with Crippen LogP contribution in [0.2, 0.25) is 0 Å². The summed E-state index contributed by atoms with van der Waals surface area (Å²) in [5.74, 6) is -2.13. The molecule has 2 aromatic carbocycles. The van der Waals surface area contributed by atoms with E-state index in [1.54, 1.807) is 17.0 Å². The molecule has 50 heavy (non-hydrogen) atoms. The van der Waals surface area contributed by atoms with Gasteiger partial charge in [0.2, 0.25) is 17.4 Å². The zero-order valence-corrected chi connectivity index (χ0v) is 29.8. The van der Waals surface area contributed by atoms with Crippen molar-refractivity contribution in [3.8, 4) is 23.0 Å². The molecule has 2 amide bonds. The molecule has 0 spiro atoms. The molecule has 3 aliphatic heterocycles. The van der Waals surface area contributed by atoms with E-state index in [0.717, 1.165) is 0 Å². The molecule has 266 valence electrons. The van der Waals surface area contributed by atoms with E-state index in [1.807, 2.05) is 0 Å². The highest BCUT2D eigenvalue weighted by Crippen LogP contribution is 2.52. The number of aromatic amines is 1. The van der Waals surface area contributed by atoms with Crippen LogP contribution in [0, 0.1) is 0 Å². The van der Waals surface area contributed by atoms with Crippen LogP contribution in [-0.2, 0) is 23.9 Å². The first-order valence-electron chi connectivity index (χ1n) is 15.9. The van der Waals surface area contributed by atoms with Gasteiger partial charge in [0, 0.05) is 48.8 Å². The zero-order valence-electron chi connectivity index (χ0n) is 28.2. The van der Waals surface area contributed by atoms with Crippen LogP contribution in [0.4, 0.5) is 11.4 Å². The van der Waals surface area contributed by atoms with Gasteiger partial charge in [-0.2, -0.15) is 0 Å². The minimum absolute atomic E-state index is 0.0654. The van der Waals surface area contributed by atoms with Gasteiger partial charge in [0.05, 0.1) is 70.5 Å². The van der Waals surface area contributed by atoms with Crippen molar-refractivity contribution in [3.63, 3.8) is 0 Å². The number of nitrogens with one attached hydrogen (secondary N) is 2. The van der Waals surface area contributed by atoms with Gasteiger partial charge >= 0.3 is 11.9 Å². The predicted molar refractivity (Wildman–Crippen MR) is 183 cm³/mol. The van der Waals surface area contributed by atoms with Gasteiger partial charge in [0.25, 0.3) is 5.91 Å². The number of methoxy groups -OCH3 is 4. The topological polar surface area (TPSA) is 175 Å². The van der Waals surface area contributed by atoms with E-state index < -0.39 is 29.2 Å². The quantitative estimate of drug-likeness (QED) is 0.134. The fraction of sp³-hybridized carbons (Fsp3) is 0.441. The van der Waals surface area contributed by atoms with Crippen LogP contribution in [0.5, 0.6) is 23.0 Å². The highest BCUT2D eigenvalue weighted by atomic mass is 79.9. The molecule has 16 heteroatoms. The molecular weight excluding hydrogens is 720 g/mol. The van der Waals surface area contributed by atoms with Gasteiger partial charge in [0.15, 0.2) is 22.8 Å². The number of carbonyl (C=O) groups excluding carboxylic acids is 5. The lowest BCUT2D eigenvalue weighted by molar-refractivity contribution is -0.143. The van der Waals surface area contributed by atoms with E-state index in [2.05, 4.69) is 26.2 Å². The van der Waals surface area contributed by atoms with Gasteiger partial charge in [-0.05, 0) is 24.6 Å². The number of benzene rings is 2. The van der Waals surface area contributed by atoms with Crippen LogP contribution in [0.25, 0.3) is 10.9 Å². The molecular formula is C34H37BrN4O11. The highest BCUT2D eigenvalue weighted by Gasteiger charge is 2.53. The van der Waals surface area contributed by atoms with Crippen LogP contribution in [0.1, 0.15) is 52.1 Å². The Kier molecular flexibility index (Phi) is 9.68. The van der Waals surface area contributed by atoms with Crippen LogP contribution in [-0.4, -0.2) is 112 Å². The Morgan fingerprint density at radius 1 is 0.980 bits per heavy atom. The number of nitrogens with zero attached hydrogens (tertiary/aromatic N) is 2. The SMILES string of the molecule is COC(=O)[C@]1(C)Nc2c(OC(=O)CCC(=O)N3CCOCC3)cc3c(c2C1=O)[C@H](CBr)CN3C(=O)c1cc2cc(OC)c(OC)c(OC)c2[nH]1. The summed E-state index contributed by atoms with van der Waals surface area (Å²) < 4.78 is 32.6. The minimum atomic E-state index is -1.82. The van der Waals surface area contributed by atoms with Crippen molar-refractivity contribution in [1.29, 1.82) is 0 Å². The van der Waals surface area contributed by atoms with E-state index in [-0.39, 0.29) is 53.9 Å². The van der Waals surface area contributed by atoms with Crippen molar-refractivity contribution in [2.45, 2.75) is 31.2 Å². The minimum Gasteiger partial charge on any atom is -0.493 e. The van der Waals surface area contributed by atoms with Crippen LogP contribution in [0.3, 0.4) is 0 Å². The van der Waals surface area contributed by atoms with Gasteiger partial charge in [-0.15, -0.1) is 0 Å². The average Bonchev–Trinajstić information content (AvgIpc) is 3.81. The molecule has 6 rings (SSSR count). The number of ketones is 1. The summed E-state index contributed by atoms with van der Waals surface area (Å²) in [5.41, 5.74) is -0.0167. The first-order chi connectivity index (χ1) is 24.0. The third-order valence-electron chi connectivity index (χ3n) is 9.27. The van der Waals surface area contributed by atoms with Crippen molar-refractivity contribution in [1.82, 2.24) is 9.88 Å². The number of hydrogen-bond acceptors (Lipinski definition) is 12. The maximum atomic E-state index is 14.3. The first kappa shape index (κ1) is 35.0. The second-order valence-electron chi connectivity index (χ2n) is 12.2. The number of halogens is 1. The number of H-pyrrole nitrogens is 1. The lowest BCUT2D eigenvalue weighted by Crippen LogP contribution is -2.47. The molecule has 1 saturated heterocycles. The van der Waals surface area contributed by atoms with Crippen molar-refractivity contribution in [2.75, 3.05) is 76.8 Å². The third-order valence-corrected chi connectivity index (χ3v) is 10.1. The number of ether oxygens (including phenoxy) is 6. The molecule has 3 aromatic rings. The molecule has 4 heterocycles. The van der Waals surface area contributed by atoms with Gasteiger partial charge in [-0.1, -0.05) is 15.9 Å². The number of fused-ring (bicyclic) bond motifs is 4. The molecule has 0 aliphatic carbocycles. The Bertz CT molecular complexity index is 1900. The molecule has 2 N–H and O–H groups in total. The fourth-order valence-corrected chi connectivity index (χ4v) is 7.26. The smallest absolute Gasteiger partial charge is 0.339 e. The Balaban J connectivity index is 1.40. The van der Waals surface area contributed by atoms with Gasteiger partial charge in [-0.25, -0.2) is 4.79 Å². The van der Waals surface area contributed by atoms with Gasteiger partial charge in [-0.3, -0.25) is 19.2 Å². The molecule has 15 nitrogen and oxygen atoms in total. The van der Waals surface area contributed by atoms with E-state index in [4.69, 9.17) is 28.4 Å². The third kappa shape index (κ3) is 5.79. The highest BCUT2D eigenvalue weighted by molar-refractivity contribution is 9.09. The lowest BCUT2D eigenvalue weighted by Gasteiger charge is -2.26. The van der Waals surface area contributed by atoms with E-state index in [0.29, 0.717) is 71.0 Å². The first-order valence-corrected chi connectivity index (χ1v) is 17.0. The normalized spacial score (nSPS) is 19.5. The summed E-state index contributed by atoms with van der Waals surface area (Å²) in [6.45, 7) is 3.28. The molecule has 0 bridgehead atoms. The molecule has 0 radical (unpaired) electrons.